The molecule has 0 bridgehead atoms. The van der Waals surface area contributed by atoms with Gasteiger partial charge < -0.3 is 5.32 Å². The van der Waals surface area contributed by atoms with Gasteiger partial charge in [0.05, 0.1) is 6.04 Å². The molecule has 1 aromatic carbocycles. The molecule has 19 heavy (non-hydrogen) atoms. The lowest BCUT2D eigenvalue weighted by atomic mass is 10.0. The summed E-state index contributed by atoms with van der Waals surface area (Å²) in [7, 11) is 0. The second-order valence-electron chi connectivity index (χ2n) is 5.06. The normalized spacial score (nSPS) is 23.0. The van der Waals surface area contributed by atoms with Gasteiger partial charge in [-0.05, 0) is 36.4 Å². The summed E-state index contributed by atoms with van der Waals surface area (Å²) in [6.07, 6.45) is 4.87. The predicted molar refractivity (Wildman–Crippen MR) is 75.7 cm³/mol. The first kappa shape index (κ1) is 12.3. The zero-order valence-corrected chi connectivity index (χ0v) is 11.2. The van der Waals surface area contributed by atoms with Crippen molar-refractivity contribution in [3.63, 3.8) is 0 Å². The standard InChI is InChI=1S/C16H19N3/c1-2-17-15(16-18-9-6-10-19-16)14-11-13(14)12-7-4-3-5-8-12/h3-10,13-15,17H,2,11H2,1H3. The average Bonchev–Trinajstić information content (AvgIpc) is 3.27. The maximum atomic E-state index is 4.41. The number of hydrogen-bond donors (Lipinski definition) is 1. The number of nitrogens with one attached hydrogen (secondary N) is 1. The van der Waals surface area contributed by atoms with Crippen LogP contribution in [0.15, 0.2) is 48.8 Å². The van der Waals surface area contributed by atoms with Crippen molar-refractivity contribution in [2.75, 3.05) is 6.54 Å². The summed E-state index contributed by atoms with van der Waals surface area (Å²) >= 11 is 0. The van der Waals surface area contributed by atoms with Crippen LogP contribution in [0.3, 0.4) is 0 Å². The lowest BCUT2D eigenvalue weighted by molar-refractivity contribution is 0.463. The number of aromatic nitrogens is 2. The molecular weight excluding hydrogens is 234 g/mol. The Morgan fingerprint density at radius 2 is 1.89 bits per heavy atom. The molecular formula is C16H19N3. The van der Waals surface area contributed by atoms with Crippen molar-refractivity contribution in [1.82, 2.24) is 15.3 Å². The summed E-state index contributed by atoms with van der Waals surface area (Å²) in [6, 6.07) is 12.9. The van der Waals surface area contributed by atoms with Gasteiger partial charge in [-0.3, -0.25) is 0 Å². The molecule has 1 aromatic heterocycles. The molecule has 3 heteroatoms. The molecule has 1 heterocycles. The molecule has 0 aliphatic heterocycles. The largest absolute Gasteiger partial charge is 0.307 e. The summed E-state index contributed by atoms with van der Waals surface area (Å²) < 4.78 is 0. The van der Waals surface area contributed by atoms with Crippen LogP contribution in [-0.2, 0) is 0 Å². The first-order valence-electron chi connectivity index (χ1n) is 6.95. The highest BCUT2D eigenvalue weighted by molar-refractivity contribution is 5.27. The third kappa shape index (κ3) is 2.66. The molecule has 1 saturated carbocycles. The highest BCUT2D eigenvalue weighted by Crippen LogP contribution is 2.53. The van der Waals surface area contributed by atoms with E-state index in [0.29, 0.717) is 11.8 Å². The number of nitrogens with zero attached hydrogens (tertiary/aromatic N) is 2. The van der Waals surface area contributed by atoms with Crippen molar-refractivity contribution >= 4 is 0 Å². The molecule has 1 fully saturated rings. The van der Waals surface area contributed by atoms with Gasteiger partial charge >= 0.3 is 0 Å². The van der Waals surface area contributed by atoms with Crippen molar-refractivity contribution < 1.29 is 0 Å². The third-order valence-corrected chi connectivity index (χ3v) is 3.78. The van der Waals surface area contributed by atoms with Gasteiger partial charge in [0.2, 0.25) is 0 Å². The van der Waals surface area contributed by atoms with Crippen molar-refractivity contribution in [3.8, 4) is 0 Å². The molecule has 0 saturated heterocycles. The van der Waals surface area contributed by atoms with Crippen molar-refractivity contribution in [3.05, 3.63) is 60.2 Å². The first-order valence-corrected chi connectivity index (χ1v) is 6.95. The fraction of sp³-hybridized carbons (Fsp3) is 0.375. The lowest BCUT2D eigenvalue weighted by Crippen LogP contribution is -2.25. The van der Waals surface area contributed by atoms with Crippen LogP contribution in [0.25, 0.3) is 0 Å². The van der Waals surface area contributed by atoms with Crippen molar-refractivity contribution in [2.45, 2.75) is 25.3 Å². The fourth-order valence-corrected chi connectivity index (χ4v) is 2.79. The van der Waals surface area contributed by atoms with E-state index in [1.54, 1.807) is 0 Å². The fourth-order valence-electron chi connectivity index (χ4n) is 2.79. The Labute approximate surface area is 114 Å². The molecule has 3 rings (SSSR count). The monoisotopic (exact) mass is 253 g/mol. The molecule has 3 nitrogen and oxygen atoms in total. The van der Waals surface area contributed by atoms with Gasteiger partial charge in [-0.2, -0.15) is 0 Å². The average molecular weight is 253 g/mol. The van der Waals surface area contributed by atoms with E-state index in [4.69, 9.17) is 0 Å². The molecule has 1 aliphatic rings. The zero-order chi connectivity index (χ0) is 13.1. The van der Waals surface area contributed by atoms with Crippen LogP contribution >= 0.6 is 0 Å². The van der Waals surface area contributed by atoms with Gasteiger partial charge in [0.25, 0.3) is 0 Å². The topological polar surface area (TPSA) is 37.8 Å². The molecule has 3 atom stereocenters. The van der Waals surface area contributed by atoms with Crippen LogP contribution in [-0.4, -0.2) is 16.5 Å². The minimum Gasteiger partial charge on any atom is -0.307 e. The predicted octanol–water partition coefficient (Wildman–Crippen LogP) is 2.93. The van der Waals surface area contributed by atoms with Crippen LogP contribution in [0, 0.1) is 5.92 Å². The van der Waals surface area contributed by atoms with E-state index in [0.717, 1.165) is 12.4 Å². The van der Waals surface area contributed by atoms with Gasteiger partial charge in [0.15, 0.2) is 0 Å². The summed E-state index contributed by atoms with van der Waals surface area (Å²) in [5, 5.41) is 3.54. The van der Waals surface area contributed by atoms with E-state index in [2.05, 4.69) is 52.5 Å². The van der Waals surface area contributed by atoms with E-state index in [9.17, 15) is 0 Å². The molecule has 0 spiro atoms. The van der Waals surface area contributed by atoms with Crippen molar-refractivity contribution in [2.24, 2.45) is 5.92 Å². The van der Waals surface area contributed by atoms with Crippen LogP contribution < -0.4 is 5.32 Å². The zero-order valence-electron chi connectivity index (χ0n) is 11.2. The van der Waals surface area contributed by atoms with Crippen LogP contribution in [0.4, 0.5) is 0 Å². The molecule has 98 valence electrons. The number of hydrogen-bond acceptors (Lipinski definition) is 3. The highest BCUT2D eigenvalue weighted by atomic mass is 15.0. The molecule has 2 aromatic rings. The van der Waals surface area contributed by atoms with Gasteiger partial charge in [-0.1, -0.05) is 37.3 Å². The molecule has 0 radical (unpaired) electrons. The molecule has 1 N–H and O–H groups in total. The van der Waals surface area contributed by atoms with Crippen LogP contribution in [0.2, 0.25) is 0 Å². The summed E-state index contributed by atoms with van der Waals surface area (Å²) in [5.74, 6) is 2.19. The smallest absolute Gasteiger partial charge is 0.145 e. The highest BCUT2D eigenvalue weighted by Gasteiger charge is 2.45. The van der Waals surface area contributed by atoms with Crippen LogP contribution in [0.1, 0.15) is 36.7 Å². The van der Waals surface area contributed by atoms with Gasteiger partial charge in [-0.15, -0.1) is 0 Å². The summed E-state index contributed by atoms with van der Waals surface area (Å²) in [5.41, 5.74) is 1.44. The Bertz CT molecular complexity index is 512. The minimum atomic E-state index is 0.274. The minimum absolute atomic E-state index is 0.274. The Morgan fingerprint density at radius 1 is 1.16 bits per heavy atom. The van der Waals surface area contributed by atoms with Gasteiger partial charge in [-0.25, -0.2) is 9.97 Å². The molecule has 1 aliphatic carbocycles. The quantitative estimate of drug-likeness (QED) is 0.890. The first-order chi connectivity index (χ1) is 9.40. The maximum absolute atomic E-state index is 4.41. The second-order valence-corrected chi connectivity index (χ2v) is 5.06. The Kier molecular flexibility index (Phi) is 3.56. The summed E-state index contributed by atoms with van der Waals surface area (Å²) in [4.78, 5) is 8.83. The Hall–Kier alpha value is -1.74. The van der Waals surface area contributed by atoms with E-state index < -0.39 is 0 Å². The molecule has 0 amide bonds. The van der Waals surface area contributed by atoms with Crippen molar-refractivity contribution in [1.29, 1.82) is 0 Å². The van der Waals surface area contributed by atoms with Gasteiger partial charge in [0.1, 0.15) is 5.82 Å². The SMILES string of the molecule is CCNC(c1ncccn1)C1CC1c1ccccc1. The second kappa shape index (κ2) is 5.49. The number of benzene rings is 1. The van der Waals surface area contributed by atoms with Gasteiger partial charge in [0, 0.05) is 12.4 Å². The van der Waals surface area contributed by atoms with E-state index in [1.165, 1.54) is 12.0 Å². The maximum Gasteiger partial charge on any atom is 0.145 e. The van der Waals surface area contributed by atoms with E-state index in [-0.39, 0.29) is 6.04 Å². The summed E-state index contributed by atoms with van der Waals surface area (Å²) in [6.45, 7) is 3.08. The van der Waals surface area contributed by atoms with E-state index >= 15 is 0 Å². The third-order valence-electron chi connectivity index (χ3n) is 3.78. The Balaban J connectivity index is 1.77. The molecule has 3 unspecified atom stereocenters. The van der Waals surface area contributed by atoms with Crippen LogP contribution in [0.5, 0.6) is 0 Å². The van der Waals surface area contributed by atoms with E-state index in [1.807, 2.05) is 18.5 Å². The Morgan fingerprint density at radius 3 is 2.58 bits per heavy atom. The number of rotatable bonds is 5. The lowest BCUT2D eigenvalue weighted by Gasteiger charge is -2.16.